The summed E-state index contributed by atoms with van der Waals surface area (Å²) in [5.41, 5.74) is 2.96. The minimum atomic E-state index is -1.07. The Morgan fingerprint density at radius 2 is 2.03 bits per heavy atom. The second kappa shape index (κ2) is 7.48. The van der Waals surface area contributed by atoms with Gasteiger partial charge in [-0.3, -0.25) is 4.57 Å². The van der Waals surface area contributed by atoms with Crippen molar-refractivity contribution in [2.75, 3.05) is 5.32 Å². The van der Waals surface area contributed by atoms with E-state index in [4.69, 9.17) is 9.15 Å². The number of anilines is 1. The highest BCUT2D eigenvalue weighted by molar-refractivity contribution is 5.82. The van der Waals surface area contributed by atoms with Crippen molar-refractivity contribution < 1.29 is 19.4 Å². The van der Waals surface area contributed by atoms with Crippen LogP contribution in [-0.2, 0) is 11.3 Å². The monoisotopic (exact) mass is 408 g/mol. The molecule has 1 aliphatic heterocycles. The number of aliphatic hydroxyl groups excluding tert-OH is 2. The molecule has 3 aromatic heterocycles. The fourth-order valence-electron chi connectivity index (χ4n) is 3.59. The first-order chi connectivity index (χ1) is 14.6. The van der Waals surface area contributed by atoms with Crippen LogP contribution < -0.4 is 5.32 Å². The number of imidazole rings is 1. The number of rotatable bonds is 5. The van der Waals surface area contributed by atoms with Crippen molar-refractivity contribution in [3.05, 3.63) is 54.9 Å². The third-order valence-corrected chi connectivity index (χ3v) is 5.18. The topological polar surface area (TPSA) is 131 Å². The number of ether oxygens (including phenoxy) is 1. The highest BCUT2D eigenvalue weighted by atomic mass is 16.6. The van der Waals surface area contributed by atoms with Crippen molar-refractivity contribution >= 4 is 17.0 Å². The summed E-state index contributed by atoms with van der Waals surface area (Å²) in [7, 11) is 0. The van der Waals surface area contributed by atoms with Crippen LogP contribution in [-0.4, -0.2) is 53.0 Å². The lowest BCUT2D eigenvalue weighted by Gasteiger charge is -2.16. The molecule has 0 unspecified atom stereocenters. The van der Waals surface area contributed by atoms with Gasteiger partial charge in [-0.05, 0) is 24.6 Å². The van der Waals surface area contributed by atoms with Crippen LogP contribution in [0.4, 0.5) is 5.82 Å². The van der Waals surface area contributed by atoms with E-state index in [-0.39, 0.29) is 0 Å². The lowest BCUT2D eigenvalue weighted by molar-refractivity contribution is -0.0299. The second-order valence-electron chi connectivity index (χ2n) is 7.15. The third-order valence-electron chi connectivity index (χ3n) is 5.18. The van der Waals surface area contributed by atoms with Crippen LogP contribution >= 0.6 is 0 Å². The molecule has 10 heteroatoms. The first kappa shape index (κ1) is 18.7. The average Bonchev–Trinajstić information content (AvgIpc) is 3.50. The maximum absolute atomic E-state index is 10.3. The van der Waals surface area contributed by atoms with Gasteiger partial charge in [0, 0.05) is 12.1 Å². The van der Waals surface area contributed by atoms with Crippen LogP contribution in [0.1, 0.15) is 18.7 Å². The minimum Gasteiger partial charge on any atom is -0.445 e. The van der Waals surface area contributed by atoms with E-state index in [0.717, 1.165) is 11.1 Å². The number of hydrogen-bond acceptors (Lipinski definition) is 9. The number of benzene rings is 1. The molecule has 154 valence electrons. The van der Waals surface area contributed by atoms with Crippen molar-refractivity contribution in [3.63, 3.8) is 0 Å². The van der Waals surface area contributed by atoms with E-state index in [9.17, 15) is 10.2 Å². The first-order valence-corrected chi connectivity index (χ1v) is 9.53. The summed E-state index contributed by atoms with van der Waals surface area (Å²) in [6, 6.07) is 7.84. The Bertz CT molecular complexity index is 1160. The van der Waals surface area contributed by atoms with Crippen LogP contribution in [0.15, 0.2) is 53.8 Å². The summed E-state index contributed by atoms with van der Waals surface area (Å²) < 4.78 is 12.7. The molecule has 0 bridgehead atoms. The summed E-state index contributed by atoms with van der Waals surface area (Å²) in [5.74, 6) is 1.12. The lowest BCUT2D eigenvalue weighted by atomic mass is 10.1. The fourth-order valence-corrected chi connectivity index (χ4v) is 3.59. The van der Waals surface area contributed by atoms with E-state index in [0.29, 0.717) is 29.4 Å². The summed E-state index contributed by atoms with van der Waals surface area (Å²) in [5, 5.41) is 23.6. The zero-order chi connectivity index (χ0) is 20.7. The van der Waals surface area contributed by atoms with Crippen molar-refractivity contribution in [2.45, 2.75) is 38.0 Å². The molecule has 4 aromatic rings. The molecule has 4 atom stereocenters. The van der Waals surface area contributed by atoms with Gasteiger partial charge in [-0.2, -0.15) is 0 Å². The summed E-state index contributed by atoms with van der Waals surface area (Å²) in [6.45, 7) is 2.22. The number of aromatic nitrogens is 5. The molecule has 3 N–H and O–H groups in total. The quantitative estimate of drug-likeness (QED) is 0.452. The highest BCUT2D eigenvalue weighted by Gasteiger charge is 2.42. The molecule has 1 aromatic carbocycles. The predicted octanol–water partition coefficient (Wildman–Crippen LogP) is 1.73. The maximum Gasteiger partial charge on any atom is 0.225 e. The van der Waals surface area contributed by atoms with E-state index in [1.54, 1.807) is 24.0 Å². The molecule has 1 fully saturated rings. The number of oxazole rings is 1. The highest BCUT2D eigenvalue weighted by Crippen LogP contribution is 2.32. The fraction of sp³-hybridized carbons (Fsp3) is 0.300. The number of hydrogen-bond donors (Lipinski definition) is 3. The van der Waals surface area contributed by atoms with Crippen molar-refractivity contribution in [2.24, 2.45) is 0 Å². The van der Waals surface area contributed by atoms with Crippen LogP contribution in [0.25, 0.3) is 22.6 Å². The molecule has 1 saturated heterocycles. The zero-order valence-corrected chi connectivity index (χ0v) is 16.1. The molecule has 1 aliphatic rings. The van der Waals surface area contributed by atoms with E-state index >= 15 is 0 Å². The normalized spacial score (nSPS) is 23.8. The SMILES string of the molecule is C[C@H]1O[C@@H](n2cnc3c(NCc4cccc(-c5ncco5)c4)ncnc32)[C@H](O)[C@@H]1O. The van der Waals surface area contributed by atoms with Gasteiger partial charge in [0.2, 0.25) is 5.89 Å². The molecule has 0 spiro atoms. The summed E-state index contributed by atoms with van der Waals surface area (Å²) >= 11 is 0. The van der Waals surface area contributed by atoms with Gasteiger partial charge < -0.3 is 24.7 Å². The van der Waals surface area contributed by atoms with Gasteiger partial charge in [0.1, 0.15) is 24.8 Å². The Kier molecular flexibility index (Phi) is 4.66. The van der Waals surface area contributed by atoms with Gasteiger partial charge in [0.05, 0.1) is 18.6 Å². The van der Waals surface area contributed by atoms with E-state index in [2.05, 4.69) is 25.3 Å². The van der Waals surface area contributed by atoms with E-state index < -0.39 is 24.5 Å². The summed E-state index contributed by atoms with van der Waals surface area (Å²) in [6.07, 6.45) is 2.82. The van der Waals surface area contributed by atoms with Crippen molar-refractivity contribution in [1.29, 1.82) is 0 Å². The first-order valence-electron chi connectivity index (χ1n) is 9.53. The number of aliphatic hydroxyl groups is 2. The second-order valence-corrected chi connectivity index (χ2v) is 7.15. The lowest BCUT2D eigenvalue weighted by Crippen LogP contribution is -2.30. The molecule has 5 rings (SSSR count). The number of fused-ring (bicyclic) bond motifs is 1. The maximum atomic E-state index is 10.3. The Hall–Kier alpha value is -3.34. The molecule has 4 heterocycles. The molecule has 0 aliphatic carbocycles. The van der Waals surface area contributed by atoms with Gasteiger partial charge >= 0.3 is 0 Å². The molecule has 0 radical (unpaired) electrons. The van der Waals surface area contributed by atoms with Crippen molar-refractivity contribution in [3.8, 4) is 11.5 Å². The molecule has 0 saturated carbocycles. The van der Waals surface area contributed by atoms with Crippen LogP contribution in [0.5, 0.6) is 0 Å². The van der Waals surface area contributed by atoms with E-state index in [1.807, 2.05) is 24.3 Å². The van der Waals surface area contributed by atoms with E-state index in [1.165, 1.54) is 12.7 Å². The predicted molar refractivity (Wildman–Crippen MR) is 106 cm³/mol. The molecular weight excluding hydrogens is 388 g/mol. The average molecular weight is 408 g/mol. The smallest absolute Gasteiger partial charge is 0.225 e. The third kappa shape index (κ3) is 3.20. The van der Waals surface area contributed by atoms with Crippen LogP contribution in [0, 0.1) is 0 Å². The van der Waals surface area contributed by atoms with Gasteiger partial charge in [-0.15, -0.1) is 0 Å². The Balaban J connectivity index is 1.39. The Labute approximate surface area is 171 Å². The summed E-state index contributed by atoms with van der Waals surface area (Å²) in [4.78, 5) is 17.2. The molecule has 30 heavy (non-hydrogen) atoms. The molecule has 0 amide bonds. The largest absolute Gasteiger partial charge is 0.445 e. The zero-order valence-electron chi connectivity index (χ0n) is 16.1. The van der Waals surface area contributed by atoms with Gasteiger partial charge in [-0.25, -0.2) is 19.9 Å². The van der Waals surface area contributed by atoms with Crippen molar-refractivity contribution in [1.82, 2.24) is 24.5 Å². The minimum absolute atomic E-state index is 0.488. The standard InChI is InChI=1S/C20H20N6O4/c1-11-15(27)16(28)20(30-11)26-10-25-14-17(23-9-24-18(14)26)22-8-12-3-2-4-13(7-12)19-21-5-6-29-19/h2-7,9-11,15-16,20,27-28H,8H2,1H3,(H,22,23,24)/t11-,15-,16-,20-/m1/s1. The number of nitrogens with one attached hydrogen (secondary N) is 1. The van der Waals surface area contributed by atoms with Gasteiger partial charge in [0.25, 0.3) is 0 Å². The Morgan fingerprint density at radius 1 is 1.13 bits per heavy atom. The van der Waals surface area contributed by atoms with Gasteiger partial charge in [-0.1, -0.05) is 12.1 Å². The Morgan fingerprint density at radius 3 is 2.80 bits per heavy atom. The van der Waals surface area contributed by atoms with Crippen LogP contribution in [0.3, 0.4) is 0 Å². The van der Waals surface area contributed by atoms with Gasteiger partial charge in [0.15, 0.2) is 23.2 Å². The molecular formula is C20H20N6O4. The van der Waals surface area contributed by atoms with Crippen LogP contribution in [0.2, 0.25) is 0 Å². The number of nitrogens with zero attached hydrogens (tertiary/aromatic N) is 5. The molecule has 10 nitrogen and oxygen atoms in total.